The van der Waals surface area contributed by atoms with Crippen LogP contribution in [0.4, 0.5) is 11.5 Å². The van der Waals surface area contributed by atoms with Gasteiger partial charge >= 0.3 is 0 Å². The zero-order valence-corrected chi connectivity index (χ0v) is 17.8. The van der Waals surface area contributed by atoms with E-state index in [9.17, 15) is 0 Å². The van der Waals surface area contributed by atoms with Crippen LogP contribution in [0.2, 0.25) is 0 Å². The summed E-state index contributed by atoms with van der Waals surface area (Å²) in [5.41, 5.74) is 3.31. The molecule has 0 amide bonds. The Labute approximate surface area is 173 Å². The fourth-order valence-electron chi connectivity index (χ4n) is 4.15. The van der Waals surface area contributed by atoms with Crippen LogP contribution in [-0.4, -0.2) is 26.4 Å². The summed E-state index contributed by atoms with van der Waals surface area (Å²) < 4.78 is 1.89. The number of fused-ring (bicyclic) bond motifs is 1. The zero-order chi connectivity index (χ0) is 20.3. The molecule has 154 valence electrons. The van der Waals surface area contributed by atoms with E-state index in [2.05, 4.69) is 71.9 Å². The summed E-state index contributed by atoms with van der Waals surface area (Å²) in [5, 5.41) is 20.8. The van der Waals surface area contributed by atoms with Crippen LogP contribution in [-0.2, 0) is 6.54 Å². The number of benzene rings is 1. The quantitative estimate of drug-likeness (QED) is 0.575. The van der Waals surface area contributed by atoms with Crippen molar-refractivity contribution in [2.75, 3.05) is 17.2 Å². The molecule has 1 aliphatic rings. The number of nitrogens with one attached hydrogen (secondary N) is 2. The molecule has 0 bridgehead atoms. The van der Waals surface area contributed by atoms with Crippen LogP contribution in [0, 0.1) is 5.41 Å². The van der Waals surface area contributed by atoms with Crippen LogP contribution < -0.4 is 10.6 Å². The summed E-state index contributed by atoms with van der Waals surface area (Å²) >= 11 is 0. The smallest absolute Gasteiger partial charge is 0.201 e. The SMILES string of the molecule is CC(C)c1nnc2c(NCc3ccccc3)cc(NCC3(C)CCCCC3)nn12. The Morgan fingerprint density at radius 2 is 1.79 bits per heavy atom. The van der Waals surface area contributed by atoms with E-state index in [1.807, 2.05) is 10.6 Å². The number of rotatable bonds is 7. The van der Waals surface area contributed by atoms with Gasteiger partial charge in [-0.05, 0) is 23.8 Å². The maximum atomic E-state index is 4.83. The van der Waals surface area contributed by atoms with Crippen LogP contribution in [0.15, 0.2) is 36.4 Å². The number of hydrogen-bond acceptors (Lipinski definition) is 5. The Morgan fingerprint density at radius 3 is 2.52 bits per heavy atom. The van der Waals surface area contributed by atoms with Crippen molar-refractivity contribution in [1.82, 2.24) is 19.8 Å². The van der Waals surface area contributed by atoms with Gasteiger partial charge in [0.2, 0.25) is 5.65 Å². The topological polar surface area (TPSA) is 67.1 Å². The van der Waals surface area contributed by atoms with Crippen molar-refractivity contribution in [2.45, 2.75) is 65.3 Å². The first-order chi connectivity index (χ1) is 14.0. The van der Waals surface area contributed by atoms with Gasteiger partial charge in [0.25, 0.3) is 0 Å². The first-order valence-electron chi connectivity index (χ1n) is 10.8. The third-order valence-corrected chi connectivity index (χ3v) is 5.99. The molecule has 0 aliphatic heterocycles. The molecule has 1 saturated carbocycles. The molecule has 0 atom stereocenters. The van der Waals surface area contributed by atoms with E-state index in [0.29, 0.717) is 5.41 Å². The number of anilines is 2. The highest BCUT2D eigenvalue weighted by molar-refractivity contribution is 5.70. The highest BCUT2D eigenvalue weighted by atomic mass is 15.4. The van der Waals surface area contributed by atoms with Crippen LogP contribution in [0.25, 0.3) is 5.65 Å². The molecule has 2 heterocycles. The van der Waals surface area contributed by atoms with E-state index in [1.165, 1.54) is 37.7 Å². The summed E-state index contributed by atoms with van der Waals surface area (Å²) in [7, 11) is 0. The van der Waals surface area contributed by atoms with Crippen LogP contribution in [0.1, 0.15) is 70.2 Å². The second-order valence-corrected chi connectivity index (χ2v) is 8.96. The van der Waals surface area contributed by atoms with Crippen molar-refractivity contribution in [2.24, 2.45) is 5.41 Å². The molecule has 2 aromatic heterocycles. The molecule has 6 nitrogen and oxygen atoms in total. The van der Waals surface area contributed by atoms with Crippen molar-refractivity contribution >= 4 is 17.2 Å². The molecule has 2 N–H and O–H groups in total. The first-order valence-corrected chi connectivity index (χ1v) is 10.8. The lowest BCUT2D eigenvalue weighted by Gasteiger charge is -2.33. The van der Waals surface area contributed by atoms with Crippen molar-refractivity contribution in [3.8, 4) is 0 Å². The standard InChI is InChI=1S/C23H32N6/c1-17(2)21-26-27-22-19(24-15-18-10-6-4-7-11-18)14-20(28-29(21)22)25-16-23(3)12-8-5-9-13-23/h4,6-7,10-11,14,17,24H,5,8-9,12-13,15-16H2,1-3H3,(H,25,28). The van der Waals surface area contributed by atoms with Gasteiger partial charge < -0.3 is 10.6 Å². The Kier molecular flexibility index (Phi) is 5.69. The van der Waals surface area contributed by atoms with Gasteiger partial charge in [-0.3, -0.25) is 0 Å². The molecule has 4 rings (SSSR count). The molecule has 0 spiro atoms. The van der Waals surface area contributed by atoms with E-state index < -0.39 is 0 Å². The predicted molar refractivity (Wildman–Crippen MR) is 118 cm³/mol. The molecule has 1 aromatic carbocycles. The Bertz CT molecular complexity index is 941. The van der Waals surface area contributed by atoms with E-state index >= 15 is 0 Å². The molecule has 0 radical (unpaired) electrons. The third kappa shape index (κ3) is 4.52. The molecule has 1 fully saturated rings. The van der Waals surface area contributed by atoms with Gasteiger partial charge in [-0.25, -0.2) is 0 Å². The fourth-order valence-corrected chi connectivity index (χ4v) is 4.15. The van der Waals surface area contributed by atoms with Gasteiger partial charge in [0.1, 0.15) is 5.82 Å². The average molecular weight is 393 g/mol. The number of hydrogen-bond donors (Lipinski definition) is 2. The summed E-state index contributed by atoms with van der Waals surface area (Å²) in [6.45, 7) is 8.33. The van der Waals surface area contributed by atoms with Gasteiger partial charge in [-0.15, -0.1) is 15.3 Å². The van der Waals surface area contributed by atoms with Crippen LogP contribution in [0.3, 0.4) is 0 Å². The Balaban J connectivity index is 1.60. The summed E-state index contributed by atoms with van der Waals surface area (Å²) in [5.74, 6) is 2.02. The van der Waals surface area contributed by atoms with Gasteiger partial charge in [0.05, 0.1) is 5.69 Å². The van der Waals surface area contributed by atoms with Crippen molar-refractivity contribution in [1.29, 1.82) is 0 Å². The van der Waals surface area contributed by atoms with Crippen LogP contribution in [0.5, 0.6) is 0 Å². The minimum atomic E-state index is 0.255. The summed E-state index contributed by atoms with van der Waals surface area (Å²) in [6.07, 6.45) is 6.59. The van der Waals surface area contributed by atoms with Gasteiger partial charge in [0, 0.05) is 25.1 Å². The Hall–Kier alpha value is -2.63. The van der Waals surface area contributed by atoms with Gasteiger partial charge in [-0.1, -0.05) is 70.4 Å². The summed E-state index contributed by atoms with van der Waals surface area (Å²) in [4.78, 5) is 0. The van der Waals surface area contributed by atoms with E-state index in [-0.39, 0.29) is 5.92 Å². The first kappa shape index (κ1) is 19.7. The zero-order valence-electron chi connectivity index (χ0n) is 17.8. The van der Waals surface area contributed by atoms with E-state index in [4.69, 9.17) is 5.10 Å². The van der Waals surface area contributed by atoms with E-state index in [1.54, 1.807) is 0 Å². The maximum Gasteiger partial charge on any atom is 0.201 e. The lowest BCUT2D eigenvalue weighted by Crippen LogP contribution is -2.29. The van der Waals surface area contributed by atoms with Crippen LogP contribution >= 0.6 is 0 Å². The lowest BCUT2D eigenvalue weighted by molar-refractivity contribution is 0.233. The maximum absolute atomic E-state index is 4.83. The molecule has 29 heavy (non-hydrogen) atoms. The largest absolute Gasteiger partial charge is 0.378 e. The monoisotopic (exact) mass is 392 g/mol. The Morgan fingerprint density at radius 1 is 1.03 bits per heavy atom. The number of aromatic nitrogens is 4. The molecule has 6 heteroatoms. The predicted octanol–water partition coefficient (Wildman–Crippen LogP) is 5.24. The minimum Gasteiger partial charge on any atom is -0.378 e. The lowest BCUT2D eigenvalue weighted by atomic mass is 9.76. The van der Waals surface area contributed by atoms with Gasteiger partial charge in [-0.2, -0.15) is 4.52 Å². The second kappa shape index (κ2) is 8.39. The van der Waals surface area contributed by atoms with E-state index in [0.717, 1.165) is 36.1 Å². The highest BCUT2D eigenvalue weighted by Gasteiger charge is 2.27. The van der Waals surface area contributed by atoms with Crippen molar-refractivity contribution < 1.29 is 0 Å². The molecule has 1 aliphatic carbocycles. The second-order valence-electron chi connectivity index (χ2n) is 8.96. The molecular weight excluding hydrogens is 360 g/mol. The fraction of sp³-hybridized carbons (Fsp3) is 0.522. The molecular formula is C23H32N6. The van der Waals surface area contributed by atoms with Crippen molar-refractivity contribution in [3.63, 3.8) is 0 Å². The molecule has 3 aromatic rings. The van der Waals surface area contributed by atoms with Gasteiger partial charge in [0.15, 0.2) is 5.82 Å². The third-order valence-electron chi connectivity index (χ3n) is 5.99. The minimum absolute atomic E-state index is 0.255. The molecule has 0 saturated heterocycles. The summed E-state index contributed by atoms with van der Waals surface area (Å²) in [6, 6.07) is 12.5. The number of nitrogens with zero attached hydrogens (tertiary/aromatic N) is 4. The van der Waals surface area contributed by atoms with Crippen molar-refractivity contribution in [3.05, 3.63) is 47.8 Å². The molecule has 0 unspecified atom stereocenters. The average Bonchev–Trinajstić information content (AvgIpc) is 3.16. The normalized spacial score (nSPS) is 16.3. The highest BCUT2D eigenvalue weighted by Crippen LogP contribution is 2.36.